The van der Waals surface area contributed by atoms with Crippen molar-refractivity contribution < 1.29 is 122 Å². The van der Waals surface area contributed by atoms with Gasteiger partial charge in [-0.1, -0.05) is 86.1 Å². The van der Waals surface area contributed by atoms with E-state index in [1.807, 2.05) is 6.07 Å². The van der Waals surface area contributed by atoms with Gasteiger partial charge in [0.1, 0.15) is 24.2 Å². The average Bonchev–Trinajstić information content (AvgIpc) is 1.53. The number of carbonyl (C=O) groups excluding carboxylic acids is 7. The van der Waals surface area contributed by atoms with E-state index >= 15 is 0 Å². The third-order valence-electron chi connectivity index (χ3n) is 36.1. The lowest BCUT2D eigenvalue weighted by Crippen LogP contribution is -3.18. The van der Waals surface area contributed by atoms with Crippen LogP contribution in [0.15, 0.2) is 178 Å². The summed E-state index contributed by atoms with van der Waals surface area (Å²) in [6, 6.07) is 17.3. The predicted octanol–water partition coefficient (Wildman–Crippen LogP) is 7.94. The summed E-state index contributed by atoms with van der Waals surface area (Å²) in [5.74, 6) is -1.06. The van der Waals surface area contributed by atoms with Crippen molar-refractivity contribution in [3.63, 3.8) is 0 Å². The molecular formula is C102H116ClI6N7O16. The highest BCUT2D eigenvalue weighted by Gasteiger charge is 2.73. The largest absolute Gasteiger partial charge is 1.00 e. The Hall–Kier alpha value is -3.82. The zero-order valence-electron chi connectivity index (χ0n) is 75.2. The highest BCUT2D eigenvalue weighted by molar-refractivity contribution is 14.1. The number of fused-ring (bicyclic) bond motifs is 21. The number of benzene rings is 1. The van der Waals surface area contributed by atoms with E-state index < -0.39 is 0 Å². The molecule has 28 aliphatic rings. The van der Waals surface area contributed by atoms with Crippen LogP contribution in [0, 0.1) is 0 Å². The Labute approximate surface area is 864 Å². The molecule has 14 bridgehead atoms. The summed E-state index contributed by atoms with van der Waals surface area (Å²) in [5, 5.41) is 0. The van der Waals surface area contributed by atoms with Crippen LogP contribution in [0.1, 0.15) is 186 Å². The molecule has 7 aliphatic carbocycles. The molecule has 1 aromatic rings. The molecule has 30 heteroatoms. The minimum Gasteiger partial charge on any atom is -1.00 e. The standard InChI is InChI=1S/C19H19NO2.C15H18INO3.C15H19NO3.C14H17INO2.3C13H14INO2.ClH.HI/c21-18-11-16-15(13-6-2-1-3-7-13)10-14-12-19(16,22-18)17-8-4-5-9-20(14)17;1-8(19-2)12-3-4-13-15-7-9(17(12)13)5-11(16)10(15)6-14(18)20-15;1-9(18-2)12-5-6-13-15-8-11(16(12)13)4-3-10(15)7-14(17)19-15;1-16-5-3-2-4-12(16)14-8-9(16)6-11(15)10(14)7-13(17)18-14;3*14-10-5-8-7-13(9(10)6-12(16)17-13)11-3-1-2-4-15(8)11;;/h1-3,6-7,10-11,14,17H,4-5,8-9,12H2;5-6,8-9,12-13H,3-4,7H2,1-2H3;3-4,7,9,11-13H,5-6,8H2,1-2H3;6-7,9,12H,2-5,8H2,1H3;3*5-6,8,11H,1-4,7H2;2*1H/q;;;+1;;;;;/p-1/t14-,17-,19+;8?,9-,12-,13-,15+;9?,11-,12-,13-,15+;9-,12-,14+,16?;3*8-,11-,13+;;/m1111111../s1. The van der Waals surface area contributed by atoms with Crippen molar-refractivity contribution in [1.82, 2.24) is 24.5 Å². The van der Waals surface area contributed by atoms with Crippen LogP contribution >= 0.6 is 113 Å². The molecule has 23 nitrogen and oxygen atoms in total. The van der Waals surface area contributed by atoms with Crippen LogP contribution in [0.2, 0.25) is 0 Å². The van der Waals surface area contributed by atoms with Crippen LogP contribution in [-0.2, 0) is 76.2 Å². The van der Waals surface area contributed by atoms with E-state index in [1.165, 1.54) is 138 Å². The van der Waals surface area contributed by atoms with E-state index in [1.54, 1.807) is 61.7 Å². The van der Waals surface area contributed by atoms with Crippen LogP contribution in [-0.4, -0.2) is 273 Å². The summed E-state index contributed by atoms with van der Waals surface area (Å²) < 4.78 is 59.0. The number of nitrogens with one attached hydrogen (secondary N) is 1. The van der Waals surface area contributed by atoms with Gasteiger partial charge in [-0.3, -0.25) is 24.5 Å². The first-order chi connectivity index (χ1) is 62.7. The molecule has 0 amide bonds. The van der Waals surface area contributed by atoms with E-state index in [0.29, 0.717) is 96.7 Å². The van der Waals surface area contributed by atoms with E-state index in [9.17, 15) is 33.6 Å². The normalized spacial score (nSPS) is 43.1. The minimum atomic E-state index is -0.387. The molecule has 14 fully saturated rings. The average molecular weight is 2490 g/mol. The van der Waals surface area contributed by atoms with Gasteiger partial charge in [0.25, 0.3) is 0 Å². The van der Waals surface area contributed by atoms with Gasteiger partial charge in [-0.05, 0) is 260 Å². The maximum atomic E-state index is 12.1. The Kier molecular flexibility index (Phi) is 25.3. The summed E-state index contributed by atoms with van der Waals surface area (Å²) in [6.45, 7) is 10.2. The minimum absolute atomic E-state index is 0. The lowest BCUT2D eigenvalue weighted by Gasteiger charge is -2.44. The number of nitrogens with zero attached hydrogens (tertiary/aromatic N) is 6. The number of quaternary nitrogens is 2. The number of halogens is 7. The van der Waals surface area contributed by atoms with Gasteiger partial charge in [0.05, 0.1) is 75.4 Å². The number of ether oxygens (including phenoxy) is 9. The van der Waals surface area contributed by atoms with Crippen LogP contribution in [0.5, 0.6) is 0 Å². The summed E-state index contributed by atoms with van der Waals surface area (Å²) in [7, 11) is 5.91. The number of hydrogen-bond acceptors (Lipinski definition) is 21. The molecule has 0 aromatic heterocycles. The Balaban J connectivity index is 0.0000000927. The molecule has 0 radical (unpaired) electrons. The van der Waals surface area contributed by atoms with Crippen LogP contribution in [0.25, 0.3) is 5.57 Å². The molecule has 0 saturated carbocycles. The van der Waals surface area contributed by atoms with Crippen molar-refractivity contribution in [2.24, 2.45) is 0 Å². The Morgan fingerprint density at radius 3 is 1.36 bits per heavy atom. The number of methoxy groups -OCH3 is 2. The summed E-state index contributed by atoms with van der Waals surface area (Å²) >= 11 is 11.8. The third-order valence-corrected chi connectivity index (χ3v) is 40.8. The van der Waals surface area contributed by atoms with Crippen molar-refractivity contribution in [3.05, 3.63) is 184 Å². The number of carbonyl (C=O) groups is 7. The molecule has 132 heavy (non-hydrogen) atoms. The molecule has 29 rings (SSSR count). The van der Waals surface area contributed by atoms with Gasteiger partial charge in [0.15, 0.2) is 39.2 Å². The number of esters is 7. The fraction of sp³-hybridized carbons (Fsp3) is 0.598. The monoisotopic (exact) mass is 2490 g/mol. The molecule has 21 heterocycles. The molecule has 704 valence electrons. The van der Waals surface area contributed by atoms with Gasteiger partial charge >= 0.3 is 41.8 Å². The van der Waals surface area contributed by atoms with Gasteiger partial charge < -0.3 is 88.4 Å². The topological polar surface area (TPSA) is 223 Å². The second-order valence-corrected chi connectivity index (χ2v) is 47.6. The van der Waals surface area contributed by atoms with Crippen molar-refractivity contribution in [1.29, 1.82) is 0 Å². The summed E-state index contributed by atoms with van der Waals surface area (Å²) in [6.07, 6.45) is 60.5. The molecule has 1 aromatic carbocycles. The SMILES string of the molecule is COC(C)[C@H]1CC[C@H]2N1[C@@H]1C=C(I)C3=CC(=O)O[C@@]32C1.COC(C)[C@H]1CC[C@H]2N1[C@@H]1C=CC3=CC(=O)O[C@@]32C1.C[N+]12CCCC[C@@H]1[C@]13C[C@H]2C=C(I)C1=CC(=O)O3.O=C1C=C2C(I)=C[C@@H]3C[C@@]2(O1)[C@H]1CCCCN31.O=C1C=C2C(I)=C[C@@H]3C[C@@]2(O1)[C@H]1CCCCN31.O=C1C=C2C(I)=C[C@@H]3C[C@@]2(O1)[C@H]1CCCC[NH+]31.O=C1C=C2C(c3ccccc3)=C[C@@H]3C[C@@]2(O1)[C@H]1CCCCN31.[Cl-].[I-]. The second kappa shape index (κ2) is 35.4. The van der Waals surface area contributed by atoms with E-state index in [0.717, 1.165) is 135 Å². The lowest BCUT2D eigenvalue weighted by atomic mass is 9.75. The quantitative estimate of drug-likeness (QED) is 0.128. The zero-order valence-corrected chi connectivity index (χ0v) is 88.9. The van der Waals surface area contributed by atoms with Gasteiger partial charge in [0, 0.05) is 201 Å². The fourth-order valence-corrected chi connectivity index (χ4v) is 36.1. The molecule has 21 aliphatic heterocycles. The molecule has 1 N–H and O–H groups in total. The van der Waals surface area contributed by atoms with E-state index in [4.69, 9.17) is 42.6 Å². The zero-order chi connectivity index (χ0) is 89.4. The molecule has 27 atom stereocenters. The molecule has 7 spiro atoms. The lowest BCUT2D eigenvalue weighted by molar-refractivity contribution is -0.944. The second-order valence-electron chi connectivity index (χ2n) is 41.7. The first-order valence-corrected chi connectivity index (χ1v) is 53.7. The highest BCUT2D eigenvalue weighted by atomic mass is 127. The van der Waals surface area contributed by atoms with Crippen LogP contribution in [0.3, 0.4) is 0 Å². The maximum Gasteiger partial charge on any atom is 0.332 e. The number of rotatable bonds is 5. The number of hydrogen-bond donors (Lipinski definition) is 1. The maximum absolute atomic E-state index is 12.1. The van der Waals surface area contributed by atoms with Gasteiger partial charge in [0.2, 0.25) is 0 Å². The Bertz CT molecular complexity index is 5320. The van der Waals surface area contributed by atoms with Gasteiger partial charge in [-0.2, -0.15) is 0 Å². The van der Waals surface area contributed by atoms with E-state index in [2.05, 4.69) is 231 Å². The Morgan fingerprint density at radius 1 is 0.409 bits per heavy atom. The number of piperidine rings is 5. The fourth-order valence-electron chi connectivity index (χ4n) is 30.9. The van der Waals surface area contributed by atoms with Crippen molar-refractivity contribution in [2.75, 3.05) is 54.0 Å². The van der Waals surface area contributed by atoms with Gasteiger partial charge in [-0.15, -0.1) is 0 Å². The van der Waals surface area contributed by atoms with Crippen LogP contribution < -0.4 is 41.3 Å². The van der Waals surface area contributed by atoms with Crippen molar-refractivity contribution in [2.45, 2.75) is 329 Å². The first kappa shape index (κ1) is 94.4. The summed E-state index contributed by atoms with van der Waals surface area (Å²) in [4.78, 5) is 96.8. The predicted molar refractivity (Wildman–Crippen MR) is 527 cm³/mol. The molecule has 4 unspecified atom stereocenters. The smallest absolute Gasteiger partial charge is 0.332 e. The molecule has 14 saturated heterocycles. The van der Waals surface area contributed by atoms with Crippen molar-refractivity contribution in [3.8, 4) is 0 Å². The van der Waals surface area contributed by atoms with Crippen LogP contribution in [0.4, 0.5) is 0 Å². The summed E-state index contributed by atoms with van der Waals surface area (Å²) in [5.41, 5.74) is 8.06. The van der Waals surface area contributed by atoms with Gasteiger partial charge in [-0.25, -0.2) is 33.6 Å². The Morgan fingerprint density at radius 2 is 0.818 bits per heavy atom. The van der Waals surface area contributed by atoms with Crippen molar-refractivity contribution >= 4 is 160 Å². The first-order valence-electron chi connectivity index (χ1n) is 48.3. The third kappa shape index (κ3) is 14.5. The van der Waals surface area contributed by atoms with E-state index in [-0.39, 0.29) is 130 Å². The molecular weight excluding hydrogens is 2380 g/mol. The number of likely N-dealkylation sites (N-methyl/N-ethyl adjacent to an activating group) is 1. The highest BCUT2D eigenvalue weighted by Crippen LogP contribution is 2.64.